The zero-order chi connectivity index (χ0) is 24.3. The van der Waals surface area contributed by atoms with Crippen LogP contribution in [0.3, 0.4) is 0 Å². The molecule has 1 aliphatic heterocycles. The Balaban J connectivity index is 0.00000342. The van der Waals surface area contributed by atoms with Crippen LogP contribution in [0.1, 0.15) is 47.3 Å². The largest absolute Gasteiger partial charge is 0.298 e. The minimum absolute atomic E-state index is 0. The predicted molar refractivity (Wildman–Crippen MR) is 143 cm³/mol. The first-order valence-electron chi connectivity index (χ1n) is 11.5. The monoisotopic (exact) mass is 534 g/mol. The highest BCUT2D eigenvalue weighted by atomic mass is 35.5. The Morgan fingerprint density at radius 3 is 2.46 bits per heavy atom. The van der Waals surface area contributed by atoms with Gasteiger partial charge in [-0.25, -0.2) is 13.4 Å². The molecule has 0 fully saturated rings. The summed E-state index contributed by atoms with van der Waals surface area (Å²) in [7, 11) is -3.68. The second-order valence-electron chi connectivity index (χ2n) is 8.60. The maximum atomic E-state index is 13.1. The lowest BCUT2D eigenvalue weighted by atomic mass is 10.1. The van der Waals surface area contributed by atoms with Crippen molar-refractivity contribution in [2.24, 2.45) is 0 Å². The summed E-state index contributed by atoms with van der Waals surface area (Å²) in [5.41, 5.74) is 2.37. The number of hydrogen-bond acceptors (Lipinski definition) is 6. The molecule has 2 aromatic carbocycles. The normalized spacial score (nSPS) is 14.0. The average Bonchev–Trinajstić information content (AvgIpc) is 3.24. The van der Waals surface area contributed by atoms with Crippen LogP contribution in [-0.2, 0) is 29.5 Å². The fraction of sp³-hybridized carbons (Fsp3) is 0.360. The molecule has 0 saturated carbocycles. The highest BCUT2D eigenvalue weighted by Gasteiger charge is 2.25. The van der Waals surface area contributed by atoms with E-state index in [0.717, 1.165) is 30.8 Å². The predicted octanol–water partition coefficient (Wildman–Crippen LogP) is 4.79. The Morgan fingerprint density at radius 1 is 1.14 bits per heavy atom. The highest BCUT2D eigenvalue weighted by molar-refractivity contribution is 7.89. The van der Waals surface area contributed by atoms with E-state index in [1.165, 1.54) is 32.7 Å². The van der Waals surface area contributed by atoms with Gasteiger partial charge in [0.1, 0.15) is 0 Å². The van der Waals surface area contributed by atoms with Gasteiger partial charge in [-0.3, -0.25) is 15.0 Å². The molecule has 2 heterocycles. The van der Waals surface area contributed by atoms with Gasteiger partial charge in [-0.15, -0.1) is 23.7 Å². The van der Waals surface area contributed by atoms with Crippen molar-refractivity contribution in [3.63, 3.8) is 0 Å². The Bertz CT molecular complexity index is 1250. The minimum atomic E-state index is -3.68. The molecule has 7 nitrogen and oxygen atoms in total. The van der Waals surface area contributed by atoms with Crippen molar-refractivity contribution in [1.82, 2.24) is 14.2 Å². The number of anilines is 1. The summed E-state index contributed by atoms with van der Waals surface area (Å²) in [4.78, 5) is 21.1. The molecule has 0 radical (unpaired) electrons. The molecule has 1 N–H and O–H groups in total. The summed E-state index contributed by atoms with van der Waals surface area (Å²) < 4.78 is 27.7. The van der Waals surface area contributed by atoms with E-state index in [1.807, 2.05) is 37.3 Å². The Labute approximate surface area is 217 Å². The number of fused-ring (bicyclic) bond motifs is 1. The summed E-state index contributed by atoms with van der Waals surface area (Å²) in [6.45, 7) is 8.64. The van der Waals surface area contributed by atoms with Gasteiger partial charge >= 0.3 is 0 Å². The SMILES string of the molecule is CCN(Cc1ccccc1)S(=O)(=O)c1ccc(C(=O)Nc2nc3c(s2)CN(C(C)C)CC3)cc1.Cl. The number of halogens is 1. The van der Waals surface area contributed by atoms with E-state index < -0.39 is 10.0 Å². The lowest BCUT2D eigenvalue weighted by Gasteiger charge is -2.29. The van der Waals surface area contributed by atoms with E-state index in [0.29, 0.717) is 29.8 Å². The summed E-state index contributed by atoms with van der Waals surface area (Å²) in [5.74, 6) is -0.299. The van der Waals surface area contributed by atoms with Gasteiger partial charge in [-0.1, -0.05) is 37.3 Å². The van der Waals surface area contributed by atoms with Crippen molar-refractivity contribution in [2.75, 3.05) is 18.4 Å². The number of thiazole rings is 1. The maximum Gasteiger partial charge on any atom is 0.257 e. The maximum absolute atomic E-state index is 13.1. The second kappa shape index (κ2) is 11.6. The molecular formula is C25H31ClN4O3S2. The fourth-order valence-corrected chi connectivity index (χ4v) is 6.43. The first-order chi connectivity index (χ1) is 16.3. The standard InChI is InChI=1S/C25H30N4O3S2.ClH/c1-4-29(16-19-8-6-5-7-9-19)34(31,32)21-12-10-20(11-13-21)24(30)27-25-26-22-14-15-28(18(2)3)17-23(22)33-25;/h5-13,18H,4,14-17H2,1-3H3,(H,26,27,30);1H. The van der Waals surface area contributed by atoms with Crippen LogP contribution in [0.15, 0.2) is 59.5 Å². The number of nitrogens with zero attached hydrogens (tertiary/aromatic N) is 3. The number of aromatic nitrogens is 1. The topological polar surface area (TPSA) is 82.6 Å². The third-order valence-corrected chi connectivity index (χ3v) is 8.95. The summed E-state index contributed by atoms with van der Waals surface area (Å²) in [6, 6.07) is 16.0. The Kier molecular flexibility index (Phi) is 9.06. The van der Waals surface area contributed by atoms with Crippen LogP contribution in [0, 0.1) is 0 Å². The highest BCUT2D eigenvalue weighted by Crippen LogP contribution is 2.29. The summed E-state index contributed by atoms with van der Waals surface area (Å²) in [6.07, 6.45) is 0.878. The molecule has 35 heavy (non-hydrogen) atoms. The molecule has 0 atom stereocenters. The Morgan fingerprint density at radius 2 is 1.83 bits per heavy atom. The van der Waals surface area contributed by atoms with E-state index >= 15 is 0 Å². The molecule has 1 aromatic heterocycles. The summed E-state index contributed by atoms with van der Waals surface area (Å²) in [5, 5.41) is 3.46. The second-order valence-corrected chi connectivity index (χ2v) is 11.6. The zero-order valence-corrected chi connectivity index (χ0v) is 22.5. The molecule has 0 saturated heterocycles. The van der Waals surface area contributed by atoms with Crippen LogP contribution in [0.2, 0.25) is 0 Å². The van der Waals surface area contributed by atoms with Crippen molar-refractivity contribution in [3.05, 3.63) is 76.3 Å². The van der Waals surface area contributed by atoms with Crippen molar-refractivity contribution in [3.8, 4) is 0 Å². The molecule has 10 heteroatoms. The number of amides is 1. The van der Waals surface area contributed by atoms with Gasteiger partial charge in [-0.05, 0) is 43.7 Å². The lowest BCUT2D eigenvalue weighted by Crippen LogP contribution is -2.35. The number of benzene rings is 2. The third kappa shape index (κ3) is 6.29. The number of rotatable bonds is 8. The number of carbonyl (C=O) groups excluding carboxylic acids is 1. The quantitative estimate of drug-likeness (QED) is 0.449. The third-order valence-electron chi connectivity index (χ3n) is 6.02. The molecule has 188 valence electrons. The minimum Gasteiger partial charge on any atom is -0.298 e. The molecule has 0 unspecified atom stereocenters. The van der Waals surface area contributed by atoms with Crippen LogP contribution in [0.5, 0.6) is 0 Å². The van der Waals surface area contributed by atoms with E-state index in [-0.39, 0.29) is 23.2 Å². The van der Waals surface area contributed by atoms with Crippen LogP contribution >= 0.6 is 23.7 Å². The van der Waals surface area contributed by atoms with E-state index in [9.17, 15) is 13.2 Å². The van der Waals surface area contributed by atoms with Crippen LogP contribution < -0.4 is 5.32 Å². The van der Waals surface area contributed by atoms with Gasteiger partial charge in [0, 0.05) is 49.1 Å². The molecule has 3 aromatic rings. The summed E-state index contributed by atoms with van der Waals surface area (Å²) >= 11 is 1.51. The average molecular weight is 535 g/mol. The van der Waals surface area contributed by atoms with Crippen LogP contribution in [0.25, 0.3) is 0 Å². The molecule has 1 amide bonds. The zero-order valence-electron chi connectivity index (χ0n) is 20.1. The van der Waals surface area contributed by atoms with Gasteiger partial charge in [0.25, 0.3) is 5.91 Å². The van der Waals surface area contributed by atoms with E-state index in [2.05, 4.69) is 29.0 Å². The lowest BCUT2D eigenvalue weighted by molar-refractivity contribution is 0.102. The van der Waals surface area contributed by atoms with Crippen molar-refractivity contribution >= 4 is 44.8 Å². The van der Waals surface area contributed by atoms with E-state index in [1.54, 1.807) is 12.1 Å². The molecule has 1 aliphatic rings. The number of sulfonamides is 1. The number of carbonyl (C=O) groups is 1. The van der Waals surface area contributed by atoms with Crippen molar-refractivity contribution in [1.29, 1.82) is 0 Å². The van der Waals surface area contributed by atoms with Gasteiger partial charge in [0.2, 0.25) is 10.0 Å². The molecule has 0 spiro atoms. The van der Waals surface area contributed by atoms with E-state index in [4.69, 9.17) is 0 Å². The first kappa shape index (κ1) is 27.3. The Hall–Kier alpha value is -2.30. The van der Waals surface area contributed by atoms with Gasteiger partial charge < -0.3 is 0 Å². The molecule has 4 rings (SSSR count). The first-order valence-corrected chi connectivity index (χ1v) is 13.7. The van der Waals surface area contributed by atoms with Crippen LogP contribution in [0.4, 0.5) is 5.13 Å². The van der Waals surface area contributed by atoms with Crippen LogP contribution in [-0.4, -0.2) is 47.6 Å². The smallest absolute Gasteiger partial charge is 0.257 e. The molecular weight excluding hydrogens is 504 g/mol. The van der Waals surface area contributed by atoms with Crippen molar-refractivity contribution in [2.45, 2.75) is 51.2 Å². The molecule has 0 bridgehead atoms. The van der Waals surface area contributed by atoms with Crippen molar-refractivity contribution < 1.29 is 13.2 Å². The fourth-order valence-electron chi connectivity index (χ4n) is 3.96. The number of hydrogen-bond donors (Lipinski definition) is 1. The van der Waals surface area contributed by atoms with Gasteiger partial charge in [-0.2, -0.15) is 4.31 Å². The number of nitrogens with one attached hydrogen (secondary N) is 1. The molecule has 0 aliphatic carbocycles. The van der Waals surface area contributed by atoms with Gasteiger partial charge in [0.15, 0.2) is 5.13 Å². The van der Waals surface area contributed by atoms with Gasteiger partial charge in [0.05, 0.1) is 10.6 Å².